The first-order valence-corrected chi connectivity index (χ1v) is 6.18. The van der Waals surface area contributed by atoms with Crippen LogP contribution in [0.25, 0.3) is 0 Å². The van der Waals surface area contributed by atoms with Gasteiger partial charge in [-0.2, -0.15) is 17.0 Å². The molecule has 0 spiro atoms. The zero-order valence-corrected chi connectivity index (χ0v) is 11.2. The molecule has 92 valence electrons. The van der Waals surface area contributed by atoms with Crippen molar-refractivity contribution in [3.8, 4) is 0 Å². The molecule has 15 heavy (non-hydrogen) atoms. The van der Waals surface area contributed by atoms with Crippen molar-refractivity contribution < 1.29 is 8.42 Å². The van der Waals surface area contributed by atoms with Crippen LogP contribution in [0.3, 0.4) is 0 Å². The van der Waals surface area contributed by atoms with Crippen molar-refractivity contribution >= 4 is 22.6 Å². The number of rotatable bonds is 4. The van der Waals surface area contributed by atoms with Gasteiger partial charge in [0, 0.05) is 33.2 Å². The summed E-state index contributed by atoms with van der Waals surface area (Å²) in [6.45, 7) is 5.23. The third-order valence-electron chi connectivity index (χ3n) is 2.73. The summed E-state index contributed by atoms with van der Waals surface area (Å²) in [6.07, 6.45) is 0. The molecule has 5 nitrogen and oxygen atoms in total. The largest absolute Gasteiger partial charge is 0.313 e. The Kier molecular flexibility index (Phi) is 5.49. The van der Waals surface area contributed by atoms with E-state index in [0.29, 0.717) is 0 Å². The summed E-state index contributed by atoms with van der Waals surface area (Å²) < 4.78 is 26.7. The van der Waals surface area contributed by atoms with Crippen LogP contribution in [0.15, 0.2) is 0 Å². The molecule has 0 aromatic rings. The lowest BCUT2D eigenvalue weighted by Gasteiger charge is -2.37. The molecule has 0 amide bonds. The van der Waals surface area contributed by atoms with Gasteiger partial charge >= 0.3 is 0 Å². The van der Waals surface area contributed by atoms with Crippen LogP contribution >= 0.6 is 12.4 Å². The maximum atomic E-state index is 11.9. The van der Waals surface area contributed by atoms with Crippen LogP contribution in [0.4, 0.5) is 0 Å². The predicted molar refractivity (Wildman–Crippen MR) is 63.5 cm³/mol. The lowest BCUT2D eigenvalue weighted by molar-refractivity contribution is 0.252. The molecule has 0 atom stereocenters. The van der Waals surface area contributed by atoms with E-state index in [4.69, 9.17) is 0 Å². The van der Waals surface area contributed by atoms with Crippen LogP contribution in [0.2, 0.25) is 0 Å². The predicted octanol–water partition coefficient (Wildman–Crippen LogP) is -0.103. The minimum atomic E-state index is -3.27. The second kappa shape index (κ2) is 5.45. The average Bonchev–Trinajstić information content (AvgIpc) is 1.99. The third kappa shape index (κ3) is 3.04. The molecule has 0 saturated carbocycles. The molecular formula is C8H20ClN3O2S. The SMILES string of the molecule is CC(C)N(C)S(=O)(=O)N(C)C1CNC1.Cl. The molecule has 0 unspecified atom stereocenters. The van der Waals surface area contributed by atoms with Gasteiger partial charge in [0.2, 0.25) is 0 Å². The first-order valence-electron chi connectivity index (χ1n) is 4.79. The van der Waals surface area contributed by atoms with Gasteiger partial charge < -0.3 is 5.32 Å². The Balaban J connectivity index is 0.00000196. The smallest absolute Gasteiger partial charge is 0.282 e. The highest BCUT2D eigenvalue weighted by Crippen LogP contribution is 2.13. The van der Waals surface area contributed by atoms with Gasteiger partial charge in [0.15, 0.2) is 0 Å². The second-order valence-electron chi connectivity index (χ2n) is 3.95. The number of hydrogen-bond donors (Lipinski definition) is 1. The molecule has 0 bridgehead atoms. The molecule has 1 aliphatic heterocycles. The Morgan fingerprint density at radius 1 is 1.27 bits per heavy atom. The maximum absolute atomic E-state index is 11.9. The normalized spacial score (nSPS) is 18.1. The van der Waals surface area contributed by atoms with E-state index in [2.05, 4.69) is 5.32 Å². The van der Waals surface area contributed by atoms with Crippen molar-refractivity contribution in [2.45, 2.75) is 25.9 Å². The van der Waals surface area contributed by atoms with Gasteiger partial charge in [-0.15, -0.1) is 12.4 Å². The molecule has 7 heteroatoms. The van der Waals surface area contributed by atoms with Crippen LogP contribution < -0.4 is 5.32 Å². The molecule has 1 heterocycles. The zero-order valence-electron chi connectivity index (χ0n) is 9.60. The minimum absolute atomic E-state index is 0. The van der Waals surface area contributed by atoms with E-state index >= 15 is 0 Å². The van der Waals surface area contributed by atoms with Crippen molar-refractivity contribution in [2.75, 3.05) is 27.2 Å². The highest BCUT2D eigenvalue weighted by atomic mass is 35.5. The van der Waals surface area contributed by atoms with Gasteiger partial charge in [0.1, 0.15) is 0 Å². The monoisotopic (exact) mass is 257 g/mol. The zero-order chi connectivity index (χ0) is 10.9. The number of hydrogen-bond acceptors (Lipinski definition) is 3. The van der Waals surface area contributed by atoms with Crippen LogP contribution in [0.1, 0.15) is 13.8 Å². The van der Waals surface area contributed by atoms with E-state index in [0.717, 1.165) is 13.1 Å². The first kappa shape index (κ1) is 15.1. The Morgan fingerprint density at radius 3 is 2.00 bits per heavy atom. The van der Waals surface area contributed by atoms with Crippen LogP contribution in [-0.2, 0) is 10.2 Å². The highest BCUT2D eigenvalue weighted by molar-refractivity contribution is 7.86. The lowest BCUT2D eigenvalue weighted by Crippen LogP contribution is -2.59. The van der Waals surface area contributed by atoms with Crippen molar-refractivity contribution in [1.29, 1.82) is 0 Å². The molecule has 1 aliphatic rings. The first-order chi connectivity index (χ1) is 6.37. The Labute approximate surface area is 98.4 Å². The van der Waals surface area contributed by atoms with E-state index in [1.165, 1.54) is 8.61 Å². The lowest BCUT2D eigenvalue weighted by atomic mass is 10.2. The van der Waals surface area contributed by atoms with Gasteiger partial charge in [-0.25, -0.2) is 0 Å². The fourth-order valence-electron chi connectivity index (χ4n) is 1.19. The quantitative estimate of drug-likeness (QED) is 0.765. The van der Waals surface area contributed by atoms with E-state index in [9.17, 15) is 8.42 Å². The van der Waals surface area contributed by atoms with Crippen molar-refractivity contribution in [2.24, 2.45) is 0 Å². The van der Waals surface area contributed by atoms with E-state index in [1.54, 1.807) is 14.1 Å². The minimum Gasteiger partial charge on any atom is -0.313 e. The standard InChI is InChI=1S/C8H19N3O2S.ClH/c1-7(2)10(3)14(12,13)11(4)8-5-9-6-8;/h7-9H,5-6H2,1-4H3;1H. The molecule has 1 N–H and O–H groups in total. The van der Waals surface area contributed by atoms with Gasteiger partial charge in [0.25, 0.3) is 10.2 Å². The van der Waals surface area contributed by atoms with Gasteiger partial charge in [-0.1, -0.05) is 0 Å². The fourth-order valence-corrected chi connectivity index (χ4v) is 2.65. The van der Waals surface area contributed by atoms with Crippen molar-refractivity contribution in [1.82, 2.24) is 13.9 Å². The molecular weight excluding hydrogens is 238 g/mol. The summed E-state index contributed by atoms with van der Waals surface area (Å²) in [5.74, 6) is 0. The van der Waals surface area contributed by atoms with Crippen LogP contribution in [0, 0.1) is 0 Å². The van der Waals surface area contributed by atoms with Crippen molar-refractivity contribution in [3.05, 3.63) is 0 Å². The van der Waals surface area contributed by atoms with Gasteiger partial charge in [-0.3, -0.25) is 0 Å². The Bertz CT molecular complexity index is 290. The molecule has 0 radical (unpaired) electrons. The van der Waals surface area contributed by atoms with E-state index in [1.807, 2.05) is 13.8 Å². The molecule has 0 aromatic carbocycles. The maximum Gasteiger partial charge on any atom is 0.282 e. The summed E-state index contributed by atoms with van der Waals surface area (Å²) in [5.41, 5.74) is 0. The number of halogens is 1. The summed E-state index contributed by atoms with van der Waals surface area (Å²) in [4.78, 5) is 0. The van der Waals surface area contributed by atoms with Crippen molar-refractivity contribution in [3.63, 3.8) is 0 Å². The van der Waals surface area contributed by atoms with Crippen LogP contribution in [-0.4, -0.2) is 56.3 Å². The highest BCUT2D eigenvalue weighted by Gasteiger charge is 2.33. The van der Waals surface area contributed by atoms with Crippen LogP contribution in [0.5, 0.6) is 0 Å². The Morgan fingerprint density at radius 2 is 1.73 bits per heavy atom. The van der Waals surface area contributed by atoms with E-state index in [-0.39, 0.29) is 24.5 Å². The summed E-state index contributed by atoms with van der Waals surface area (Å²) in [6, 6.07) is 0.108. The average molecular weight is 258 g/mol. The third-order valence-corrected chi connectivity index (χ3v) is 4.90. The molecule has 0 aliphatic carbocycles. The summed E-state index contributed by atoms with van der Waals surface area (Å²) in [7, 11) is -0.0194. The number of nitrogens with one attached hydrogen (secondary N) is 1. The number of nitrogens with zero attached hydrogens (tertiary/aromatic N) is 2. The summed E-state index contributed by atoms with van der Waals surface area (Å²) in [5, 5.41) is 3.06. The topological polar surface area (TPSA) is 52.7 Å². The summed E-state index contributed by atoms with van der Waals surface area (Å²) >= 11 is 0. The molecule has 1 rings (SSSR count). The van der Waals surface area contributed by atoms with Gasteiger partial charge in [0.05, 0.1) is 6.04 Å². The van der Waals surface area contributed by atoms with E-state index < -0.39 is 10.2 Å². The molecule has 1 fully saturated rings. The molecule has 0 aromatic heterocycles. The van der Waals surface area contributed by atoms with Gasteiger partial charge in [-0.05, 0) is 13.8 Å². The molecule has 1 saturated heterocycles. The fraction of sp³-hybridized carbons (Fsp3) is 1.00. The second-order valence-corrected chi connectivity index (χ2v) is 5.99. The number of likely N-dealkylation sites (N-methyl/N-ethyl adjacent to an activating group) is 1. The Hall–Kier alpha value is 0.120.